The average Bonchev–Trinajstić information content (AvgIpc) is 2.82. The minimum atomic E-state index is -2.70. The molecule has 0 bridgehead atoms. The molecule has 5 rings (SSSR count). The third-order valence-corrected chi connectivity index (χ3v) is 7.64. The zero-order valence-corrected chi connectivity index (χ0v) is 19.9. The number of aliphatic hydroxyl groups excluding tert-OH is 2. The van der Waals surface area contributed by atoms with E-state index in [-0.39, 0.29) is 37.2 Å². The number of Topliss-reactive ketones (excluding diaryl/α,β-unsaturated/α-hetero) is 2. The second-order valence-electron chi connectivity index (χ2n) is 9.82. The molecule has 0 unspecified atom stereocenters. The molecule has 3 aliphatic rings. The number of pyridine rings is 1. The summed E-state index contributed by atoms with van der Waals surface area (Å²) in [4.78, 5) is 44.1. The highest BCUT2D eigenvalue weighted by molar-refractivity contribution is 6.24. The lowest BCUT2D eigenvalue weighted by molar-refractivity contribution is -0.153. The molecule has 0 spiro atoms. The van der Waals surface area contributed by atoms with Crippen molar-refractivity contribution in [3.05, 3.63) is 64.4 Å². The fraction of sp³-hybridized carbons (Fsp3) is 0.333. The van der Waals surface area contributed by atoms with Gasteiger partial charge in [-0.1, -0.05) is 13.5 Å². The van der Waals surface area contributed by atoms with Gasteiger partial charge in [0.2, 0.25) is 11.7 Å². The van der Waals surface area contributed by atoms with E-state index in [1.54, 1.807) is 6.07 Å². The van der Waals surface area contributed by atoms with Crippen LogP contribution < -0.4 is 5.73 Å². The Kier molecular flexibility index (Phi) is 6.41. The van der Waals surface area contributed by atoms with Crippen molar-refractivity contribution in [2.24, 2.45) is 17.6 Å². The third-order valence-electron chi connectivity index (χ3n) is 7.64. The Bertz CT molecular complexity index is 1450. The van der Waals surface area contributed by atoms with Crippen LogP contribution in [0, 0.1) is 17.8 Å². The number of fused-ring (bicyclic) bond motifs is 3. The van der Waals surface area contributed by atoms with E-state index in [0.29, 0.717) is 16.7 Å². The summed E-state index contributed by atoms with van der Waals surface area (Å²) < 4.78 is 13.4. The lowest BCUT2D eigenvalue weighted by atomic mass is 9.57. The second kappa shape index (κ2) is 9.03. The van der Waals surface area contributed by atoms with Crippen molar-refractivity contribution in [2.45, 2.75) is 31.9 Å². The molecule has 0 radical (unpaired) electrons. The number of halogens is 1. The summed E-state index contributed by atoms with van der Waals surface area (Å²) in [6, 6.07) is 4.39. The van der Waals surface area contributed by atoms with Crippen LogP contribution in [0.5, 0.6) is 5.75 Å². The molecule has 1 aromatic heterocycles. The second-order valence-corrected chi connectivity index (χ2v) is 9.82. The minimum Gasteiger partial charge on any atom is -0.508 e. The number of primary amides is 1. The molecule has 0 saturated heterocycles. The maximum absolute atomic E-state index is 13.8. The highest BCUT2D eigenvalue weighted by atomic mass is 19.1. The smallest absolute Gasteiger partial charge is 0.255 e. The molecular weight excluding hydrogens is 497 g/mol. The Morgan fingerprint density at radius 3 is 2.42 bits per heavy atom. The van der Waals surface area contributed by atoms with Crippen molar-refractivity contribution in [2.75, 3.05) is 14.1 Å². The van der Waals surface area contributed by atoms with E-state index in [9.17, 15) is 39.2 Å². The molecule has 1 amide bonds. The van der Waals surface area contributed by atoms with Crippen LogP contribution in [-0.2, 0) is 20.8 Å². The van der Waals surface area contributed by atoms with E-state index >= 15 is 0 Å². The average molecular weight is 526 g/mol. The van der Waals surface area contributed by atoms with E-state index < -0.39 is 64.0 Å². The van der Waals surface area contributed by atoms with Crippen LogP contribution in [0.25, 0.3) is 16.9 Å². The first kappa shape index (κ1) is 27.0. The number of carbonyl (C=O) groups is 3. The van der Waals surface area contributed by atoms with E-state index in [4.69, 9.17) is 5.73 Å². The zero-order valence-electron chi connectivity index (χ0n) is 19.9. The molecule has 2 aromatic rings. The largest absolute Gasteiger partial charge is 0.508 e. The Hall–Kier alpha value is -4.09. The number of carbonyl (C=O) groups excluding carboxylic acids is 3. The van der Waals surface area contributed by atoms with Gasteiger partial charge in [0.05, 0.1) is 11.6 Å². The molecular formula is C27H28FN3O7. The van der Waals surface area contributed by atoms with Crippen molar-refractivity contribution in [1.82, 2.24) is 9.88 Å². The van der Waals surface area contributed by atoms with E-state index in [0.717, 1.165) is 0 Å². The summed E-state index contributed by atoms with van der Waals surface area (Å²) in [6.45, 7) is 0. The molecule has 1 aromatic carbocycles. The first-order valence-corrected chi connectivity index (χ1v) is 11.5. The lowest BCUT2D eigenvalue weighted by Crippen LogP contribution is -2.65. The predicted molar refractivity (Wildman–Crippen MR) is 134 cm³/mol. The molecule has 1 fully saturated rings. The molecule has 0 aliphatic heterocycles. The van der Waals surface area contributed by atoms with Crippen molar-refractivity contribution in [3.63, 3.8) is 0 Å². The molecule has 10 nitrogen and oxygen atoms in total. The van der Waals surface area contributed by atoms with Crippen LogP contribution >= 0.6 is 0 Å². The highest BCUT2D eigenvalue weighted by Crippen LogP contribution is 2.53. The van der Waals surface area contributed by atoms with Gasteiger partial charge in [0, 0.05) is 23.3 Å². The molecule has 4 atom stereocenters. The number of phenols is 1. The van der Waals surface area contributed by atoms with Crippen LogP contribution in [0.4, 0.5) is 4.39 Å². The van der Waals surface area contributed by atoms with Crippen LogP contribution in [0.2, 0.25) is 0 Å². The van der Waals surface area contributed by atoms with Gasteiger partial charge in [0.25, 0.3) is 5.91 Å². The number of likely N-dealkylation sites (N-methyl/N-ethyl adjacent to an activating group) is 1. The number of hydrogen-bond acceptors (Lipinski definition) is 9. The first-order valence-electron chi connectivity index (χ1n) is 11.5. The van der Waals surface area contributed by atoms with Crippen molar-refractivity contribution in [1.29, 1.82) is 0 Å². The Morgan fingerprint density at radius 1 is 1.16 bits per heavy atom. The highest BCUT2D eigenvalue weighted by Gasteiger charge is 2.64. The van der Waals surface area contributed by atoms with Gasteiger partial charge < -0.3 is 26.2 Å². The number of aromatic nitrogens is 1. The lowest BCUT2D eigenvalue weighted by Gasteiger charge is -2.50. The summed E-state index contributed by atoms with van der Waals surface area (Å²) in [5.74, 6) is -7.82. The normalized spacial score (nSPS) is 26.5. The number of phenolic OH excluding ortho intramolecular Hbond substituents is 1. The molecule has 200 valence electrons. The van der Waals surface area contributed by atoms with Crippen molar-refractivity contribution >= 4 is 23.2 Å². The third kappa shape index (κ3) is 3.53. The first-order chi connectivity index (χ1) is 17.4. The van der Waals surface area contributed by atoms with Crippen LogP contribution in [0.1, 0.15) is 25.0 Å². The fourth-order valence-electron chi connectivity index (χ4n) is 6.05. The summed E-state index contributed by atoms with van der Waals surface area (Å²) >= 11 is 0. The Labute approximate surface area is 217 Å². The van der Waals surface area contributed by atoms with Gasteiger partial charge in [-0.25, -0.2) is 4.98 Å². The minimum absolute atomic E-state index is 0. The molecule has 1 saturated carbocycles. The predicted octanol–water partition coefficient (Wildman–Crippen LogP) is 1.80. The monoisotopic (exact) mass is 525 g/mol. The molecule has 11 heteroatoms. The van der Waals surface area contributed by atoms with Gasteiger partial charge in [-0.05, 0) is 62.2 Å². The van der Waals surface area contributed by atoms with Gasteiger partial charge in [-0.2, -0.15) is 4.39 Å². The molecule has 6 N–H and O–H groups in total. The maximum Gasteiger partial charge on any atom is 0.255 e. The van der Waals surface area contributed by atoms with Gasteiger partial charge in [0.1, 0.15) is 22.8 Å². The summed E-state index contributed by atoms with van der Waals surface area (Å²) in [6.07, 6.45) is 1.40. The van der Waals surface area contributed by atoms with Gasteiger partial charge in [0.15, 0.2) is 11.4 Å². The quantitative estimate of drug-likeness (QED) is 0.296. The van der Waals surface area contributed by atoms with Gasteiger partial charge in [-0.3, -0.25) is 19.3 Å². The molecule has 3 aliphatic carbocycles. The number of aliphatic hydroxyl groups is 3. The van der Waals surface area contributed by atoms with E-state index in [1.165, 1.54) is 43.4 Å². The van der Waals surface area contributed by atoms with E-state index in [1.807, 2.05) is 0 Å². The number of ketones is 2. The van der Waals surface area contributed by atoms with Crippen LogP contribution in [0.15, 0.2) is 47.4 Å². The number of nitrogens with zero attached hydrogens (tertiary/aromatic N) is 2. The fourth-order valence-corrected chi connectivity index (χ4v) is 6.05. The van der Waals surface area contributed by atoms with Crippen LogP contribution in [-0.4, -0.2) is 73.5 Å². The summed E-state index contributed by atoms with van der Waals surface area (Å²) in [5, 5.41) is 44.4. The maximum atomic E-state index is 13.8. The standard InChI is InChI=1S/C26H24FN3O7.CH4/c1-30(2)20-14-8-11-7-13-12(10-3-6-16(27)29-9-10)4-5-15(31)18(13)21(32)17(11)23(34)26(14,37)24(35)19(22(20)33)25(28)36;/h3-6,9,11,14,20,31-32,35,37H,7-8H2,1-2H3,(H2,28,36);1H4/t11-,14-,20-,26-;/m0./s1. The number of amides is 1. The topological polar surface area (TPSA) is 174 Å². The number of hydrogen-bond donors (Lipinski definition) is 5. The van der Waals surface area contributed by atoms with Crippen molar-refractivity contribution in [3.8, 4) is 16.9 Å². The zero-order chi connectivity index (χ0) is 27.0. The molecule has 38 heavy (non-hydrogen) atoms. The Morgan fingerprint density at radius 2 is 1.84 bits per heavy atom. The number of rotatable bonds is 3. The van der Waals surface area contributed by atoms with Crippen molar-refractivity contribution < 1.29 is 39.2 Å². The number of aromatic hydroxyl groups is 1. The van der Waals surface area contributed by atoms with E-state index in [2.05, 4.69) is 4.98 Å². The molecule has 1 heterocycles. The van der Waals surface area contributed by atoms with Crippen LogP contribution in [0.3, 0.4) is 0 Å². The van der Waals surface area contributed by atoms with Gasteiger partial charge >= 0.3 is 0 Å². The summed E-state index contributed by atoms with van der Waals surface area (Å²) in [7, 11) is 3.07. The number of benzene rings is 1. The van der Waals surface area contributed by atoms with Gasteiger partial charge in [-0.15, -0.1) is 0 Å². The number of nitrogens with two attached hydrogens (primary N) is 1. The SMILES string of the molecule is C.CN(C)[C@@H]1C(=O)C(C(N)=O)=C(O)[C@@]2(O)C(=O)C3=C(O)c4c(O)ccc(-c5ccc(F)nc5)c4C[C@H]3C[C@@H]12. The summed E-state index contributed by atoms with van der Waals surface area (Å²) in [5.41, 5.74) is 3.00. The Balaban J connectivity index is 0.00000336.